The number of benzene rings is 3. The lowest BCUT2D eigenvalue weighted by molar-refractivity contribution is -0.144. The van der Waals surface area contributed by atoms with Gasteiger partial charge < -0.3 is 23.8 Å². The first-order chi connectivity index (χ1) is 17.2. The van der Waals surface area contributed by atoms with Crippen molar-refractivity contribution in [1.29, 1.82) is 0 Å². The highest BCUT2D eigenvalue weighted by Gasteiger charge is 2.13. The molecule has 3 rings (SSSR count). The van der Waals surface area contributed by atoms with Gasteiger partial charge in [0.2, 0.25) is 0 Å². The lowest BCUT2D eigenvalue weighted by Gasteiger charge is -2.24. The topological polar surface area (TPSA) is 74.3 Å². The summed E-state index contributed by atoms with van der Waals surface area (Å²) in [6.45, 7) is 1.78. The highest BCUT2D eigenvalue weighted by atomic mass is 16.6. The summed E-state index contributed by atoms with van der Waals surface area (Å²) in [5.74, 6) is 0.834. The van der Waals surface area contributed by atoms with Gasteiger partial charge in [-0.05, 0) is 36.4 Å². The van der Waals surface area contributed by atoms with E-state index in [4.69, 9.17) is 18.9 Å². The average Bonchev–Trinajstić information content (AvgIpc) is 2.91. The zero-order valence-electron chi connectivity index (χ0n) is 19.7. The van der Waals surface area contributed by atoms with Crippen molar-refractivity contribution in [2.24, 2.45) is 0 Å². The van der Waals surface area contributed by atoms with Crippen LogP contribution in [0, 0.1) is 0 Å². The second-order valence-corrected chi connectivity index (χ2v) is 7.59. The van der Waals surface area contributed by atoms with E-state index in [2.05, 4.69) is 0 Å². The van der Waals surface area contributed by atoms with E-state index >= 15 is 0 Å². The fourth-order valence-electron chi connectivity index (χ4n) is 3.27. The number of hydrogen-bond donors (Lipinski definition) is 0. The minimum atomic E-state index is -0.316. The van der Waals surface area contributed by atoms with Gasteiger partial charge in [-0.3, -0.25) is 9.59 Å². The molecule has 0 saturated carbocycles. The molecule has 0 unspecified atom stereocenters. The summed E-state index contributed by atoms with van der Waals surface area (Å²) < 4.78 is 21.6. The van der Waals surface area contributed by atoms with Crippen molar-refractivity contribution in [2.75, 3.05) is 44.4 Å². The second-order valence-electron chi connectivity index (χ2n) is 7.59. The van der Waals surface area contributed by atoms with Gasteiger partial charge in [0.25, 0.3) is 0 Å². The number of carbonyl (C=O) groups excluding carboxylic acids is 2. The zero-order chi connectivity index (χ0) is 24.6. The number of rotatable bonds is 15. The fourth-order valence-corrected chi connectivity index (χ4v) is 3.27. The normalized spacial score (nSPS) is 10.3. The minimum absolute atomic E-state index is 0.177. The smallest absolute Gasteiger partial charge is 0.307 e. The van der Waals surface area contributed by atoms with Crippen LogP contribution < -0.4 is 14.4 Å². The number of hydrogen-bond acceptors (Lipinski definition) is 7. The van der Waals surface area contributed by atoms with Crippen molar-refractivity contribution in [3.63, 3.8) is 0 Å². The van der Waals surface area contributed by atoms with Crippen LogP contribution in [0.1, 0.15) is 12.8 Å². The first kappa shape index (κ1) is 25.6. The predicted octanol–water partition coefficient (Wildman–Crippen LogP) is 4.52. The Hall–Kier alpha value is -4.00. The molecule has 0 amide bonds. The second kappa shape index (κ2) is 15.0. The fraction of sp³-hybridized carbons (Fsp3) is 0.286. The molecular weight excluding hydrogens is 446 g/mol. The summed E-state index contributed by atoms with van der Waals surface area (Å²) in [5, 5.41) is 0. The van der Waals surface area contributed by atoms with Crippen LogP contribution in [-0.4, -0.2) is 51.5 Å². The molecule has 0 radical (unpaired) electrons. The number of carbonyl (C=O) groups is 2. The first-order valence-electron chi connectivity index (χ1n) is 11.7. The number of ether oxygens (including phenoxy) is 4. The maximum atomic E-state index is 12.2. The SMILES string of the molecule is O=C(CCN(CCC(=O)OCCOc1ccccc1)c1ccccc1)OCCOc1ccccc1. The first-order valence-corrected chi connectivity index (χ1v) is 11.7. The van der Waals surface area contributed by atoms with Crippen molar-refractivity contribution in [2.45, 2.75) is 12.8 Å². The predicted molar refractivity (Wildman–Crippen MR) is 134 cm³/mol. The molecule has 0 aliphatic heterocycles. The van der Waals surface area contributed by atoms with Gasteiger partial charge in [-0.15, -0.1) is 0 Å². The van der Waals surface area contributed by atoms with E-state index in [0.29, 0.717) is 13.1 Å². The number of esters is 2. The van der Waals surface area contributed by atoms with Crippen LogP contribution in [0.25, 0.3) is 0 Å². The van der Waals surface area contributed by atoms with E-state index in [-0.39, 0.29) is 51.2 Å². The van der Waals surface area contributed by atoms with E-state index in [0.717, 1.165) is 17.2 Å². The van der Waals surface area contributed by atoms with Crippen LogP contribution in [0.4, 0.5) is 5.69 Å². The standard InChI is InChI=1S/C28H31NO6/c30-27(34-22-20-32-25-12-6-2-7-13-25)16-18-29(24-10-4-1-5-11-24)19-17-28(31)35-23-21-33-26-14-8-3-9-15-26/h1-15H,16-23H2. The molecule has 0 fully saturated rings. The summed E-state index contributed by atoms with van der Waals surface area (Å²) in [7, 11) is 0. The molecule has 0 aliphatic carbocycles. The Bertz CT molecular complexity index is 934. The molecule has 3 aromatic rings. The van der Waals surface area contributed by atoms with Crippen molar-refractivity contribution in [3.05, 3.63) is 91.0 Å². The minimum Gasteiger partial charge on any atom is -0.490 e. The Morgan fingerprint density at radius 2 is 0.943 bits per heavy atom. The van der Waals surface area contributed by atoms with Crippen LogP contribution in [0.2, 0.25) is 0 Å². The molecule has 0 spiro atoms. The molecule has 0 aromatic heterocycles. The van der Waals surface area contributed by atoms with E-state index in [1.165, 1.54) is 0 Å². The molecule has 7 heteroatoms. The van der Waals surface area contributed by atoms with Crippen molar-refractivity contribution in [1.82, 2.24) is 0 Å². The molecule has 7 nitrogen and oxygen atoms in total. The van der Waals surface area contributed by atoms with Gasteiger partial charge in [-0.25, -0.2) is 0 Å². The molecule has 0 bridgehead atoms. The summed E-state index contributed by atoms with van der Waals surface area (Å²) in [6, 6.07) is 28.4. The van der Waals surface area contributed by atoms with Crippen LogP contribution in [-0.2, 0) is 19.1 Å². The van der Waals surface area contributed by atoms with Crippen molar-refractivity contribution in [3.8, 4) is 11.5 Å². The van der Waals surface area contributed by atoms with Crippen LogP contribution in [0.5, 0.6) is 11.5 Å². The highest BCUT2D eigenvalue weighted by molar-refractivity contribution is 5.71. The molecule has 35 heavy (non-hydrogen) atoms. The lowest BCUT2D eigenvalue weighted by atomic mass is 10.2. The zero-order valence-corrected chi connectivity index (χ0v) is 19.7. The maximum Gasteiger partial charge on any atom is 0.307 e. The van der Waals surface area contributed by atoms with Gasteiger partial charge in [0.15, 0.2) is 0 Å². The van der Waals surface area contributed by atoms with Crippen LogP contribution >= 0.6 is 0 Å². The highest BCUT2D eigenvalue weighted by Crippen LogP contribution is 2.15. The summed E-state index contributed by atoms with van der Waals surface area (Å²) >= 11 is 0. The third kappa shape index (κ3) is 10.2. The Morgan fingerprint density at radius 3 is 1.37 bits per heavy atom. The van der Waals surface area contributed by atoms with E-state index < -0.39 is 0 Å². The van der Waals surface area contributed by atoms with Gasteiger partial charge in [0, 0.05) is 18.8 Å². The molecule has 0 aliphatic rings. The number of anilines is 1. The third-order valence-corrected chi connectivity index (χ3v) is 5.01. The van der Waals surface area contributed by atoms with E-state index in [1.807, 2.05) is 95.9 Å². The van der Waals surface area contributed by atoms with Crippen molar-refractivity contribution < 1.29 is 28.5 Å². The average molecular weight is 478 g/mol. The van der Waals surface area contributed by atoms with Crippen LogP contribution in [0.15, 0.2) is 91.0 Å². The molecule has 0 atom stereocenters. The summed E-state index contributed by atoms with van der Waals surface area (Å²) in [5.41, 5.74) is 0.924. The van der Waals surface area contributed by atoms with Gasteiger partial charge in [0.1, 0.15) is 37.9 Å². The largest absolute Gasteiger partial charge is 0.490 e. The molecule has 0 saturated heterocycles. The maximum absolute atomic E-state index is 12.2. The van der Waals surface area contributed by atoms with E-state index in [1.54, 1.807) is 0 Å². The summed E-state index contributed by atoms with van der Waals surface area (Å²) in [4.78, 5) is 26.4. The molecule has 0 N–H and O–H groups in total. The molecule has 184 valence electrons. The van der Waals surface area contributed by atoms with Crippen molar-refractivity contribution >= 4 is 17.6 Å². The summed E-state index contributed by atoms with van der Waals surface area (Å²) in [6.07, 6.45) is 0.389. The van der Waals surface area contributed by atoms with Gasteiger partial charge >= 0.3 is 11.9 Å². The Kier molecular flexibility index (Phi) is 11.0. The Morgan fingerprint density at radius 1 is 0.543 bits per heavy atom. The Labute approximate surface area is 206 Å². The monoisotopic (exact) mass is 477 g/mol. The number of para-hydroxylation sites is 3. The van der Waals surface area contributed by atoms with Crippen LogP contribution in [0.3, 0.4) is 0 Å². The molecule has 0 heterocycles. The van der Waals surface area contributed by atoms with Gasteiger partial charge in [-0.2, -0.15) is 0 Å². The molecular formula is C28H31NO6. The van der Waals surface area contributed by atoms with Gasteiger partial charge in [0.05, 0.1) is 12.8 Å². The lowest BCUT2D eigenvalue weighted by Crippen LogP contribution is -2.30. The third-order valence-electron chi connectivity index (χ3n) is 5.01. The van der Waals surface area contributed by atoms with Gasteiger partial charge in [-0.1, -0.05) is 54.6 Å². The molecule has 3 aromatic carbocycles. The quantitative estimate of drug-likeness (QED) is 0.235. The number of nitrogens with zero attached hydrogens (tertiary/aromatic N) is 1. The van der Waals surface area contributed by atoms with E-state index in [9.17, 15) is 9.59 Å². The Balaban J connectivity index is 1.36.